The van der Waals surface area contributed by atoms with Crippen LogP contribution in [0.1, 0.15) is 26.2 Å². The fourth-order valence-electron chi connectivity index (χ4n) is 2.57. The van der Waals surface area contributed by atoms with Crippen LogP contribution in [0.5, 0.6) is 0 Å². The number of anilines is 1. The molecular formula is C13H19FN2O. The van der Waals surface area contributed by atoms with Gasteiger partial charge in [-0.1, -0.05) is 6.92 Å². The largest absolute Gasteiger partial charge is 0.396 e. The fourth-order valence-corrected chi connectivity index (χ4v) is 2.57. The SMILES string of the molecule is CCC1(CO)CCCN(c2ccncc2F)C1. The molecule has 1 aromatic rings. The standard InChI is InChI=1S/C13H19FN2O/c1-2-13(10-17)5-3-7-16(9-13)12-4-6-15-8-11(12)14/h4,6,8,17H,2-3,5,7,9-10H2,1H3. The first-order valence-electron chi connectivity index (χ1n) is 6.16. The van der Waals surface area contributed by atoms with Gasteiger partial charge in [-0.2, -0.15) is 0 Å². The summed E-state index contributed by atoms with van der Waals surface area (Å²) in [5.41, 5.74) is 0.527. The van der Waals surface area contributed by atoms with Crippen LogP contribution in [0.25, 0.3) is 0 Å². The molecule has 0 radical (unpaired) electrons. The van der Waals surface area contributed by atoms with Crippen LogP contribution in [0.4, 0.5) is 10.1 Å². The minimum absolute atomic E-state index is 0.0754. The number of aromatic nitrogens is 1. The Bertz CT molecular complexity index is 379. The smallest absolute Gasteiger partial charge is 0.164 e. The van der Waals surface area contributed by atoms with Crippen LogP contribution in [-0.4, -0.2) is 29.8 Å². The summed E-state index contributed by atoms with van der Waals surface area (Å²) in [6, 6.07) is 1.71. The average molecular weight is 238 g/mol. The second kappa shape index (κ2) is 5.00. The maximum atomic E-state index is 13.7. The maximum Gasteiger partial charge on any atom is 0.164 e. The number of piperidine rings is 1. The lowest BCUT2D eigenvalue weighted by Gasteiger charge is -2.42. The number of halogens is 1. The molecule has 1 saturated heterocycles. The molecule has 1 aromatic heterocycles. The minimum Gasteiger partial charge on any atom is -0.396 e. The Morgan fingerprint density at radius 2 is 2.41 bits per heavy atom. The van der Waals surface area contributed by atoms with E-state index in [0.717, 1.165) is 32.4 Å². The molecule has 0 aliphatic carbocycles. The summed E-state index contributed by atoms with van der Waals surface area (Å²) in [4.78, 5) is 5.79. The second-order valence-corrected chi connectivity index (χ2v) is 4.86. The predicted molar refractivity (Wildman–Crippen MR) is 65.5 cm³/mol. The highest BCUT2D eigenvalue weighted by molar-refractivity contribution is 5.46. The summed E-state index contributed by atoms with van der Waals surface area (Å²) < 4.78 is 13.7. The maximum absolute atomic E-state index is 13.7. The number of hydrogen-bond acceptors (Lipinski definition) is 3. The molecule has 1 aliphatic rings. The van der Waals surface area contributed by atoms with Crippen LogP contribution >= 0.6 is 0 Å². The molecule has 1 N–H and O–H groups in total. The first kappa shape index (κ1) is 12.3. The molecular weight excluding hydrogens is 219 g/mol. The highest BCUT2D eigenvalue weighted by Crippen LogP contribution is 2.35. The molecule has 3 nitrogen and oxygen atoms in total. The van der Waals surface area contributed by atoms with Gasteiger partial charge in [-0.15, -0.1) is 0 Å². The second-order valence-electron chi connectivity index (χ2n) is 4.86. The molecule has 4 heteroatoms. The monoisotopic (exact) mass is 238 g/mol. The lowest BCUT2D eigenvalue weighted by molar-refractivity contribution is 0.101. The zero-order valence-electron chi connectivity index (χ0n) is 10.2. The van der Waals surface area contributed by atoms with Gasteiger partial charge in [0, 0.05) is 24.7 Å². The number of pyridine rings is 1. The average Bonchev–Trinajstić information content (AvgIpc) is 2.39. The van der Waals surface area contributed by atoms with E-state index >= 15 is 0 Å². The Balaban J connectivity index is 2.20. The Morgan fingerprint density at radius 1 is 1.59 bits per heavy atom. The fraction of sp³-hybridized carbons (Fsp3) is 0.615. The summed E-state index contributed by atoms with van der Waals surface area (Å²) in [6.45, 7) is 3.83. The van der Waals surface area contributed by atoms with E-state index in [1.807, 2.05) is 4.90 Å². The molecule has 0 bridgehead atoms. The predicted octanol–water partition coefficient (Wildman–Crippen LogP) is 2.21. The molecule has 1 unspecified atom stereocenters. The lowest BCUT2D eigenvalue weighted by atomic mass is 9.78. The molecule has 0 spiro atoms. The third kappa shape index (κ3) is 2.41. The summed E-state index contributed by atoms with van der Waals surface area (Å²) in [5, 5.41) is 9.54. The van der Waals surface area contributed by atoms with Crippen molar-refractivity contribution in [2.24, 2.45) is 5.41 Å². The molecule has 2 rings (SSSR count). The van der Waals surface area contributed by atoms with E-state index in [9.17, 15) is 9.50 Å². The highest BCUT2D eigenvalue weighted by Gasteiger charge is 2.34. The zero-order chi connectivity index (χ0) is 12.3. The Kier molecular flexibility index (Phi) is 3.62. The molecule has 1 fully saturated rings. The van der Waals surface area contributed by atoms with Crippen molar-refractivity contribution in [3.05, 3.63) is 24.3 Å². The Morgan fingerprint density at radius 3 is 3.06 bits per heavy atom. The van der Waals surface area contributed by atoms with Crippen LogP contribution < -0.4 is 4.90 Å². The van der Waals surface area contributed by atoms with Gasteiger partial charge in [0.15, 0.2) is 5.82 Å². The van der Waals surface area contributed by atoms with Crippen LogP contribution in [-0.2, 0) is 0 Å². The van der Waals surface area contributed by atoms with Crippen LogP contribution in [0.3, 0.4) is 0 Å². The minimum atomic E-state index is -0.280. The van der Waals surface area contributed by atoms with Gasteiger partial charge < -0.3 is 10.0 Å². The van der Waals surface area contributed by atoms with Crippen molar-refractivity contribution in [3.63, 3.8) is 0 Å². The van der Waals surface area contributed by atoms with Gasteiger partial charge in [-0.25, -0.2) is 4.39 Å². The summed E-state index contributed by atoms with van der Waals surface area (Å²) in [5.74, 6) is -0.280. The van der Waals surface area contributed by atoms with Crippen molar-refractivity contribution >= 4 is 5.69 Å². The zero-order valence-corrected chi connectivity index (χ0v) is 10.2. The van der Waals surface area contributed by atoms with Crippen molar-refractivity contribution in [1.82, 2.24) is 4.98 Å². The molecule has 0 aromatic carbocycles. The van der Waals surface area contributed by atoms with E-state index in [-0.39, 0.29) is 17.8 Å². The van der Waals surface area contributed by atoms with Gasteiger partial charge in [0.1, 0.15) is 0 Å². The van der Waals surface area contributed by atoms with E-state index < -0.39 is 0 Å². The molecule has 1 atom stereocenters. The molecule has 0 saturated carbocycles. The number of rotatable bonds is 3. The molecule has 2 heterocycles. The normalized spacial score (nSPS) is 25.0. The molecule has 0 amide bonds. The Labute approximate surface area is 101 Å². The number of hydrogen-bond donors (Lipinski definition) is 1. The number of aliphatic hydroxyl groups excluding tert-OH is 1. The van der Waals surface area contributed by atoms with Gasteiger partial charge in [0.2, 0.25) is 0 Å². The first-order valence-corrected chi connectivity index (χ1v) is 6.16. The van der Waals surface area contributed by atoms with Crippen molar-refractivity contribution in [2.75, 3.05) is 24.6 Å². The summed E-state index contributed by atoms with van der Waals surface area (Å²) >= 11 is 0. The van der Waals surface area contributed by atoms with Gasteiger partial charge >= 0.3 is 0 Å². The van der Waals surface area contributed by atoms with Gasteiger partial charge in [0.25, 0.3) is 0 Å². The van der Waals surface area contributed by atoms with E-state index in [4.69, 9.17) is 0 Å². The van der Waals surface area contributed by atoms with Crippen molar-refractivity contribution in [2.45, 2.75) is 26.2 Å². The molecule has 94 valence electrons. The van der Waals surface area contributed by atoms with Crippen molar-refractivity contribution in [1.29, 1.82) is 0 Å². The highest BCUT2D eigenvalue weighted by atomic mass is 19.1. The van der Waals surface area contributed by atoms with Crippen LogP contribution in [0.15, 0.2) is 18.5 Å². The van der Waals surface area contributed by atoms with E-state index in [1.54, 1.807) is 12.3 Å². The van der Waals surface area contributed by atoms with Gasteiger partial charge in [0.05, 0.1) is 18.5 Å². The summed E-state index contributed by atoms with van der Waals surface area (Å²) in [7, 11) is 0. The van der Waals surface area contributed by atoms with E-state index in [0.29, 0.717) is 5.69 Å². The lowest BCUT2D eigenvalue weighted by Crippen LogP contribution is -2.45. The Hall–Kier alpha value is -1.16. The third-order valence-electron chi connectivity index (χ3n) is 3.84. The van der Waals surface area contributed by atoms with Crippen molar-refractivity contribution in [3.8, 4) is 0 Å². The van der Waals surface area contributed by atoms with Crippen LogP contribution in [0.2, 0.25) is 0 Å². The third-order valence-corrected chi connectivity index (χ3v) is 3.84. The van der Waals surface area contributed by atoms with Crippen LogP contribution in [0, 0.1) is 11.2 Å². The van der Waals surface area contributed by atoms with E-state index in [2.05, 4.69) is 11.9 Å². The first-order chi connectivity index (χ1) is 8.21. The summed E-state index contributed by atoms with van der Waals surface area (Å²) in [6.07, 6.45) is 5.79. The van der Waals surface area contributed by atoms with Gasteiger partial charge in [-0.05, 0) is 25.3 Å². The number of nitrogens with zero attached hydrogens (tertiary/aromatic N) is 2. The number of aliphatic hydroxyl groups is 1. The topological polar surface area (TPSA) is 36.4 Å². The quantitative estimate of drug-likeness (QED) is 0.877. The van der Waals surface area contributed by atoms with Gasteiger partial charge in [-0.3, -0.25) is 4.98 Å². The van der Waals surface area contributed by atoms with Crippen molar-refractivity contribution < 1.29 is 9.50 Å². The molecule has 17 heavy (non-hydrogen) atoms. The van der Waals surface area contributed by atoms with E-state index in [1.165, 1.54) is 6.20 Å². The molecule has 1 aliphatic heterocycles.